The summed E-state index contributed by atoms with van der Waals surface area (Å²) < 4.78 is 0. The van der Waals surface area contributed by atoms with Crippen molar-refractivity contribution in [2.45, 2.75) is 39.2 Å². The summed E-state index contributed by atoms with van der Waals surface area (Å²) in [5.41, 5.74) is 0.935. The molecule has 7 heteroatoms. The Hall–Kier alpha value is -1.30. The van der Waals surface area contributed by atoms with Crippen LogP contribution in [0.2, 0.25) is 10.0 Å². The molecular weight excluding hydrogens is 373 g/mol. The molecule has 1 N–H and O–H groups in total. The number of hydrogen-bond acceptors (Lipinski definition) is 3. The fraction of sp³-hybridized carbons (Fsp3) is 0.579. The number of hydrogen-bond donors (Lipinski definition) is 1. The molecule has 5 nitrogen and oxygen atoms in total. The molecule has 1 unspecified atom stereocenters. The number of carbonyl (C=O) groups excluding carboxylic acids is 2. The Bertz CT molecular complexity index is 631. The summed E-state index contributed by atoms with van der Waals surface area (Å²) in [4.78, 5) is 28.3. The lowest BCUT2D eigenvalue weighted by Crippen LogP contribution is -2.51. The van der Waals surface area contributed by atoms with Crippen molar-refractivity contribution in [1.82, 2.24) is 15.1 Å². The van der Waals surface area contributed by atoms with Gasteiger partial charge in [0.15, 0.2) is 0 Å². The smallest absolute Gasteiger partial charge is 0.234 e. The maximum Gasteiger partial charge on any atom is 0.234 e. The van der Waals surface area contributed by atoms with Crippen LogP contribution in [-0.4, -0.2) is 60.4 Å². The highest BCUT2D eigenvalue weighted by atomic mass is 35.5. The van der Waals surface area contributed by atoms with Gasteiger partial charge in [-0.15, -0.1) is 0 Å². The standard InChI is InChI=1S/C19H27Cl2N3O2/c1-3-14(2)22-18(25)13-23-8-10-24(11-9-23)19(26)7-5-15-4-6-16(20)12-17(15)21/h4,6,12,14H,3,5,7-11,13H2,1-2H3,(H,22,25). The minimum Gasteiger partial charge on any atom is -0.353 e. The number of amides is 2. The Kier molecular flexibility index (Phi) is 8.19. The third kappa shape index (κ3) is 6.45. The van der Waals surface area contributed by atoms with Gasteiger partial charge >= 0.3 is 0 Å². The lowest BCUT2D eigenvalue weighted by Gasteiger charge is -2.34. The van der Waals surface area contributed by atoms with Crippen LogP contribution in [0.1, 0.15) is 32.3 Å². The first-order valence-electron chi connectivity index (χ1n) is 9.12. The van der Waals surface area contributed by atoms with E-state index in [0.29, 0.717) is 42.5 Å². The number of aryl methyl sites for hydroxylation is 1. The van der Waals surface area contributed by atoms with Gasteiger partial charge in [0, 0.05) is 48.7 Å². The van der Waals surface area contributed by atoms with E-state index >= 15 is 0 Å². The van der Waals surface area contributed by atoms with Gasteiger partial charge in [-0.25, -0.2) is 0 Å². The highest BCUT2D eigenvalue weighted by Crippen LogP contribution is 2.22. The van der Waals surface area contributed by atoms with Crippen molar-refractivity contribution >= 4 is 35.0 Å². The SMILES string of the molecule is CCC(C)NC(=O)CN1CCN(C(=O)CCc2ccc(Cl)cc2Cl)CC1. The molecule has 0 bridgehead atoms. The van der Waals surface area contributed by atoms with E-state index in [1.54, 1.807) is 12.1 Å². The lowest BCUT2D eigenvalue weighted by molar-refractivity contribution is -0.133. The van der Waals surface area contributed by atoms with Crippen LogP contribution in [0.4, 0.5) is 0 Å². The van der Waals surface area contributed by atoms with Crippen molar-refractivity contribution in [3.63, 3.8) is 0 Å². The zero-order valence-electron chi connectivity index (χ0n) is 15.4. The van der Waals surface area contributed by atoms with Gasteiger partial charge < -0.3 is 10.2 Å². The van der Waals surface area contributed by atoms with Crippen LogP contribution in [0.3, 0.4) is 0 Å². The summed E-state index contributed by atoms with van der Waals surface area (Å²) in [6.45, 7) is 7.21. The zero-order chi connectivity index (χ0) is 19.1. The summed E-state index contributed by atoms with van der Waals surface area (Å²) >= 11 is 12.1. The normalized spacial score (nSPS) is 16.4. The predicted molar refractivity (Wildman–Crippen MR) is 106 cm³/mol. The summed E-state index contributed by atoms with van der Waals surface area (Å²) in [6, 6.07) is 5.55. The zero-order valence-corrected chi connectivity index (χ0v) is 16.9. The Morgan fingerprint density at radius 2 is 1.88 bits per heavy atom. The Morgan fingerprint density at radius 3 is 2.50 bits per heavy atom. The van der Waals surface area contributed by atoms with Crippen LogP contribution in [0.25, 0.3) is 0 Å². The summed E-state index contributed by atoms with van der Waals surface area (Å²) in [5.74, 6) is 0.177. The van der Waals surface area contributed by atoms with Crippen LogP contribution in [-0.2, 0) is 16.0 Å². The third-order valence-corrected chi connectivity index (χ3v) is 5.32. The molecule has 1 aliphatic rings. The van der Waals surface area contributed by atoms with Gasteiger partial charge in [-0.3, -0.25) is 14.5 Å². The largest absolute Gasteiger partial charge is 0.353 e. The van der Waals surface area contributed by atoms with Crippen LogP contribution < -0.4 is 5.32 Å². The van der Waals surface area contributed by atoms with E-state index in [1.165, 1.54) is 0 Å². The molecule has 0 aromatic heterocycles. The predicted octanol–water partition coefficient (Wildman–Crippen LogP) is 2.98. The number of benzene rings is 1. The number of rotatable bonds is 7. The average Bonchev–Trinajstić information content (AvgIpc) is 2.61. The monoisotopic (exact) mass is 399 g/mol. The van der Waals surface area contributed by atoms with Gasteiger partial charge in [0.05, 0.1) is 6.54 Å². The van der Waals surface area contributed by atoms with E-state index < -0.39 is 0 Å². The molecule has 1 fully saturated rings. The summed E-state index contributed by atoms with van der Waals surface area (Å²) in [5, 5.41) is 4.17. The number of nitrogens with one attached hydrogen (secondary N) is 1. The number of nitrogens with zero attached hydrogens (tertiary/aromatic N) is 2. The van der Waals surface area contributed by atoms with Crippen molar-refractivity contribution < 1.29 is 9.59 Å². The molecule has 1 saturated heterocycles. The third-order valence-electron chi connectivity index (χ3n) is 4.74. The van der Waals surface area contributed by atoms with Crippen LogP contribution in [0.15, 0.2) is 18.2 Å². The van der Waals surface area contributed by atoms with Crippen LogP contribution in [0, 0.1) is 0 Å². The molecular formula is C19H27Cl2N3O2. The van der Waals surface area contributed by atoms with Gasteiger partial charge in [0.2, 0.25) is 11.8 Å². The summed E-state index contributed by atoms with van der Waals surface area (Å²) in [6.07, 6.45) is 1.95. The van der Waals surface area contributed by atoms with Crippen LogP contribution in [0.5, 0.6) is 0 Å². The van der Waals surface area contributed by atoms with Crippen molar-refractivity contribution in [1.29, 1.82) is 0 Å². The second-order valence-electron chi connectivity index (χ2n) is 6.77. The molecule has 1 aromatic carbocycles. The quantitative estimate of drug-likeness (QED) is 0.766. The highest BCUT2D eigenvalue weighted by Gasteiger charge is 2.22. The second kappa shape index (κ2) is 10.1. The van der Waals surface area contributed by atoms with Gasteiger partial charge in [-0.05, 0) is 37.5 Å². The van der Waals surface area contributed by atoms with Gasteiger partial charge in [0.1, 0.15) is 0 Å². The maximum absolute atomic E-state index is 12.4. The fourth-order valence-corrected chi connectivity index (χ4v) is 3.41. The first kappa shape index (κ1) is 21.0. The van der Waals surface area contributed by atoms with Gasteiger partial charge in [-0.2, -0.15) is 0 Å². The molecule has 0 radical (unpaired) electrons. The maximum atomic E-state index is 12.4. The van der Waals surface area contributed by atoms with Crippen molar-refractivity contribution in [2.75, 3.05) is 32.7 Å². The first-order chi connectivity index (χ1) is 12.4. The lowest BCUT2D eigenvalue weighted by atomic mass is 10.1. The summed E-state index contributed by atoms with van der Waals surface area (Å²) in [7, 11) is 0. The highest BCUT2D eigenvalue weighted by molar-refractivity contribution is 6.35. The molecule has 0 spiro atoms. The number of carbonyl (C=O) groups is 2. The minimum absolute atomic E-state index is 0.0523. The van der Waals surface area contributed by atoms with Crippen molar-refractivity contribution in [3.05, 3.63) is 33.8 Å². The van der Waals surface area contributed by atoms with Crippen LogP contribution >= 0.6 is 23.2 Å². The fourth-order valence-electron chi connectivity index (χ4n) is 2.91. The van der Waals surface area contributed by atoms with Gasteiger partial charge in [0.25, 0.3) is 0 Å². The second-order valence-corrected chi connectivity index (χ2v) is 7.61. The minimum atomic E-state index is 0.0523. The number of halogens is 2. The van der Waals surface area contributed by atoms with Gasteiger partial charge in [-0.1, -0.05) is 36.2 Å². The average molecular weight is 400 g/mol. The molecule has 144 valence electrons. The van der Waals surface area contributed by atoms with Crippen molar-refractivity contribution in [3.8, 4) is 0 Å². The molecule has 1 atom stereocenters. The molecule has 1 heterocycles. The van der Waals surface area contributed by atoms with E-state index in [0.717, 1.165) is 25.1 Å². The molecule has 2 amide bonds. The van der Waals surface area contributed by atoms with E-state index in [-0.39, 0.29) is 17.9 Å². The van der Waals surface area contributed by atoms with E-state index in [9.17, 15) is 9.59 Å². The molecule has 0 aliphatic carbocycles. The molecule has 0 saturated carbocycles. The first-order valence-corrected chi connectivity index (χ1v) is 9.88. The van der Waals surface area contributed by atoms with E-state index in [1.807, 2.05) is 24.8 Å². The molecule has 1 aromatic rings. The van der Waals surface area contributed by atoms with E-state index in [4.69, 9.17) is 23.2 Å². The number of piperazine rings is 1. The Balaban J connectivity index is 1.73. The topological polar surface area (TPSA) is 52.7 Å². The molecule has 26 heavy (non-hydrogen) atoms. The van der Waals surface area contributed by atoms with Crippen molar-refractivity contribution in [2.24, 2.45) is 0 Å². The Labute approximate surface area is 165 Å². The van der Waals surface area contributed by atoms with E-state index in [2.05, 4.69) is 10.2 Å². The molecule has 1 aliphatic heterocycles. The Morgan fingerprint density at radius 1 is 1.19 bits per heavy atom. The molecule has 2 rings (SSSR count).